The molecule has 0 saturated heterocycles. The Morgan fingerprint density at radius 3 is 2.62 bits per heavy atom. The second-order valence-corrected chi connectivity index (χ2v) is 4.07. The molecule has 1 rings (SSSR count). The summed E-state index contributed by atoms with van der Waals surface area (Å²) in [5, 5.41) is 14.7. The van der Waals surface area contributed by atoms with Crippen LogP contribution in [-0.4, -0.2) is 24.3 Å². The number of urea groups is 1. The fourth-order valence-electron chi connectivity index (χ4n) is 1.04. The van der Waals surface area contributed by atoms with Crippen LogP contribution in [0.1, 0.15) is 6.92 Å². The maximum absolute atomic E-state index is 11.4. The zero-order valence-electron chi connectivity index (χ0n) is 9.03. The highest BCUT2D eigenvalue weighted by Gasteiger charge is 2.04. The van der Waals surface area contributed by atoms with Crippen LogP contribution in [0.5, 0.6) is 0 Å². The topological polar surface area (TPSA) is 61.4 Å². The molecule has 16 heavy (non-hydrogen) atoms. The van der Waals surface area contributed by atoms with E-state index >= 15 is 0 Å². The van der Waals surface area contributed by atoms with Gasteiger partial charge in [0.05, 0.1) is 0 Å². The lowest BCUT2D eigenvalue weighted by atomic mass is 10.2. The minimum Gasteiger partial charge on any atom is -0.396 e. The molecule has 0 aliphatic carbocycles. The van der Waals surface area contributed by atoms with E-state index in [1.807, 2.05) is 6.92 Å². The van der Waals surface area contributed by atoms with E-state index in [0.29, 0.717) is 17.3 Å². The Labute approximate surface area is 99.6 Å². The summed E-state index contributed by atoms with van der Waals surface area (Å²) in [6, 6.07) is 6.55. The number of anilines is 1. The van der Waals surface area contributed by atoms with Gasteiger partial charge in [-0.05, 0) is 30.2 Å². The van der Waals surface area contributed by atoms with Crippen molar-refractivity contribution < 1.29 is 9.90 Å². The number of aliphatic hydroxyl groups excluding tert-OH is 1. The molecule has 5 heteroatoms. The highest BCUT2D eigenvalue weighted by atomic mass is 35.5. The molecular formula is C11H15ClN2O2. The molecule has 88 valence electrons. The summed E-state index contributed by atoms with van der Waals surface area (Å²) >= 11 is 5.71. The van der Waals surface area contributed by atoms with Gasteiger partial charge in [0.15, 0.2) is 0 Å². The molecule has 1 aromatic carbocycles. The van der Waals surface area contributed by atoms with Crippen molar-refractivity contribution in [2.24, 2.45) is 5.92 Å². The van der Waals surface area contributed by atoms with Gasteiger partial charge in [-0.3, -0.25) is 0 Å². The summed E-state index contributed by atoms with van der Waals surface area (Å²) in [4.78, 5) is 11.4. The quantitative estimate of drug-likeness (QED) is 0.757. The van der Waals surface area contributed by atoms with Crippen molar-refractivity contribution in [3.63, 3.8) is 0 Å². The molecule has 0 heterocycles. The number of hydrogen-bond donors (Lipinski definition) is 3. The molecule has 0 aliphatic rings. The zero-order chi connectivity index (χ0) is 12.0. The average Bonchev–Trinajstić information content (AvgIpc) is 2.29. The molecular weight excluding hydrogens is 228 g/mol. The minimum absolute atomic E-state index is 0.0518. The average molecular weight is 243 g/mol. The third-order valence-electron chi connectivity index (χ3n) is 2.02. The first-order valence-electron chi connectivity index (χ1n) is 5.03. The molecule has 1 unspecified atom stereocenters. The van der Waals surface area contributed by atoms with Crippen LogP contribution in [0.4, 0.5) is 10.5 Å². The maximum Gasteiger partial charge on any atom is 0.319 e. The molecule has 4 nitrogen and oxygen atoms in total. The molecule has 0 spiro atoms. The van der Waals surface area contributed by atoms with Crippen LogP contribution in [0, 0.1) is 5.92 Å². The Bertz CT molecular complexity index is 340. The number of aliphatic hydroxyl groups is 1. The molecule has 3 N–H and O–H groups in total. The Morgan fingerprint density at radius 1 is 1.44 bits per heavy atom. The van der Waals surface area contributed by atoms with Crippen LogP contribution >= 0.6 is 11.6 Å². The summed E-state index contributed by atoms with van der Waals surface area (Å²) in [6.45, 7) is 2.35. The molecule has 0 bridgehead atoms. The summed E-state index contributed by atoms with van der Waals surface area (Å²) in [5.41, 5.74) is 0.679. The zero-order valence-corrected chi connectivity index (χ0v) is 9.79. The van der Waals surface area contributed by atoms with Crippen molar-refractivity contribution in [3.05, 3.63) is 29.3 Å². The number of benzene rings is 1. The van der Waals surface area contributed by atoms with E-state index in [4.69, 9.17) is 16.7 Å². The predicted octanol–water partition coefficient (Wildman–Crippen LogP) is 2.09. The number of nitrogens with one attached hydrogen (secondary N) is 2. The largest absolute Gasteiger partial charge is 0.396 e. The highest BCUT2D eigenvalue weighted by Crippen LogP contribution is 2.12. The van der Waals surface area contributed by atoms with Gasteiger partial charge in [0.2, 0.25) is 0 Å². The number of carbonyl (C=O) groups is 1. The van der Waals surface area contributed by atoms with Crippen molar-refractivity contribution in [3.8, 4) is 0 Å². The highest BCUT2D eigenvalue weighted by molar-refractivity contribution is 6.30. The van der Waals surface area contributed by atoms with Crippen molar-refractivity contribution in [1.29, 1.82) is 0 Å². The third-order valence-corrected chi connectivity index (χ3v) is 2.28. The van der Waals surface area contributed by atoms with Crippen LogP contribution in [0.25, 0.3) is 0 Å². The summed E-state index contributed by atoms with van der Waals surface area (Å²) < 4.78 is 0. The second kappa shape index (κ2) is 6.35. The normalized spacial score (nSPS) is 11.9. The van der Waals surface area contributed by atoms with Gasteiger partial charge in [0.25, 0.3) is 0 Å². The van der Waals surface area contributed by atoms with E-state index in [2.05, 4.69) is 10.6 Å². The lowest BCUT2D eigenvalue weighted by Crippen LogP contribution is -2.33. The van der Waals surface area contributed by atoms with Crippen molar-refractivity contribution in [1.82, 2.24) is 5.32 Å². The van der Waals surface area contributed by atoms with Gasteiger partial charge in [0, 0.05) is 23.9 Å². The first-order valence-corrected chi connectivity index (χ1v) is 5.41. The monoisotopic (exact) mass is 242 g/mol. The fourth-order valence-corrected chi connectivity index (χ4v) is 1.17. The van der Waals surface area contributed by atoms with Crippen LogP contribution in [0.15, 0.2) is 24.3 Å². The number of rotatable bonds is 4. The van der Waals surface area contributed by atoms with E-state index in [0.717, 1.165) is 0 Å². The van der Waals surface area contributed by atoms with Crippen molar-refractivity contribution in [2.45, 2.75) is 6.92 Å². The van der Waals surface area contributed by atoms with Gasteiger partial charge in [0.1, 0.15) is 0 Å². The third kappa shape index (κ3) is 4.51. The van der Waals surface area contributed by atoms with Crippen molar-refractivity contribution >= 4 is 23.3 Å². The van der Waals surface area contributed by atoms with Crippen molar-refractivity contribution in [2.75, 3.05) is 18.5 Å². The van der Waals surface area contributed by atoms with E-state index < -0.39 is 0 Å². The molecule has 1 atom stereocenters. The molecule has 0 aliphatic heterocycles. The Balaban J connectivity index is 2.37. The molecule has 0 fully saturated rings. The Kier molecular flexibility index (Phi) is 5.08. The Hall–Kier alpha value is -1.26. The first kappa shape index (κ1) is 12.8. The summed E-state index contributed by atoms with van der Waals surface area (Å²) in [5.74, 6) is 0.0518. The standard InChI is InChI=1S/C11H15ClN2O2/c1-8(7-15)6-13-11(16)14-10-4-2-9(12)3-5-10/h2-5,8,15H,6-7H2,1H3,(H2,13,14,16). The van der Waals surface area contributed by atoms with Gasteiger partial charge in [-0.25, -0.2) is 4.79 Å². The van der Waals surface area contributed by atoms with Gasteiger partial charge < -0.3 is 15.7 Å². The SMILES string of the molecule is CC(CO)CNC(=O)Nc1ccc(Cl)cc1. The number of carbonyl (C=O) groups excluding carboxylic acids is 1. The number of hydrogen-bond acceptors (Lipinski definition) is 2. The van der Waals surface area contributed by atoms with Gasteiger partial charge in [-0.2, -0.15) is 0 Å². The lowest BCUT2D eigenvalue weighted by Gasteiger charge is -2.10. The van der Waals surface area contributed by atoms with E-state index in [1.54, 1.807) is 24.3 Å². The molecule has 0 saturated carbocycles. The molecule has 2 amide bonds. The number of amides is 2. The molecule has 0 radical (unpaired) electrons. The smallest absolute Gasteiger partial charge is 0.319 e. The lowest BCUT2D eigenvalue weighted by molar-refractivity contribution is 0.227. The second-order valence-electron chi connectivity index (χ2n) is 3.63. The minimum atomic E-state index is -0.289. The first-order chi connectivity index (χ1) is 7.61. The van der Waals surface area contributed by atoms with E-state index in [-0.39, 0.29) is 18.6 Å². The van der Waals surface area contributed by atoms with Crippen LogP contribution in [0.3, 0.4) is 0 Å². The van der Waals surface area contributed by atoms with Crippen LogP contribution in [-0.2, 0) is 0 Å². The van der Waals surface area contributed by atoms with Crippen LogP contribution in [0.2, 0.25) is 5.02 Å². The molecule has 1 aromatic rings. The summed E-state index contributed by atoms with van der Waals surface area (Å²) in [6.07, 6.45) is 0. The molecule has 0 aromatic heterocycles. The van der Waals surface area contributed by atoms with Gasteiger partial charge >= 0.3 is 6.03 Å². The van der Waals surface area contributed by atoms with Crippen LogP contribution < -0.4 is 10.6 Å². The Morgan fingerprint density at radius 2 is 2.06 bits per heavy atom. The predicted molar refractivity (Wildman–Crippen MR) is 64.7 cm³/mol. The maximum atomic E-state index is 11.4. The van der Waals surface area contributed by atoms with E-state index in [1.165, 1.54) is 0 Å². The summed E-state index contributed by atoms with van der Waals surface area (Å²) in [7, 11) is 0. The van der Waals surface area contributed by atoms with E-state index in [9.17, 15) is 4.79 Å². The van der Waals surface area contributed by atoms with Gasteiger partial charge in [-0.1, -0.05) is 18.5 Å². The van der Waals surface area contributed by atoms with Gasteiger partial charge in [-0.15, -0.1) is 0 Å². The fraction of sp³-hybridized carbons (Fsp3) is 0.364. The number of halogens is 1.